The molecule has 0 fully saturated rings. The van der Waals surface area contributed by atoms with E-state index in [0.29, 0.717) is 74.6 Å². The molecule has 0 heterocycles. The number of hydrogen-bond acceptors (Lipinski definition) is 12. The molecule has 0 saturated carbocycles. The van der Waals surface area contributed by atoms with E-state index in [9.17, 15) is 31.5 Å². The van der Waals surface area contributed by atoms with Crippen LogP contribution in [-0.4, -0.2) is 38.7 Å². The zero-order valence-electron chi connectivity index (χ0n) is 86.2. The van der Waals surface area contributed by atoms with Crippen molar-refractivity contribution in [3.63, 3.8) is 0 Å². The van der Waals surface area contributed by atoms with E-state index in [0.717, 1.165) is 151 Å². The minimum atomic E-state index is -0.698. The molecule has 0 amide bonds. The summed E-state index contributed by atoms with van der Waals surface area (Å²) in [6.07, 6.45) is 0. The largest absolute Gasteiger partial charge is 2.00 e. The molecule has 15 aromatic rings. The van der Waals surface area contributed by atoms with Crippen LogP contribution in [0.5, 0.6) is 34.5 Å². The van der Waals surface area contributed by atoms with Crippen LogP contribution in [0.2, 0.25) is 0 Å². The summed E-state index contributed by atoms with van der Waals surface area (Å²) in [5.41, 5.74) is 27.4. The summed E-state index contributed by atoms with van der Waals surface area (Å²) in [5, 5.41) is 0. The van der Waals surface area contributed by atoms with E-state index in [1.54, 1.807) is 104 Å². The second-order valence-corrected chi connectivity index (χ2v) is 34.8. The van der Waals surface area contributed by atoms with E-state index >= 15 is 0 Å². The van der Waals surface area contributed by atoms with Gasteiger partial charge in [-0.05, 0) is 281 Å². The number of hydrogen-bond donors (Lipinski definition) is 0. The summed E-state index contributed by atoms with van der Waals surface area (Å²) in [4.78, 5) is 41.5. The molecular formula is C131H121F5O12Os2. The molecule has 768 valence electrons. The third-order valence-corrected chi connectivity index (χ3v) is 22.1. The summed E-state index contributed by atoms with van der Waals surface area (Å²) in [7, 11) is 5.99. The van der Waals surface area contributed by atoms with E-state index in [1.807, 2.05) is 251 Å². The summed E-state index contributed by atoms with van der Waals surface area (Å²) in [6, 6.07) is 103. The maximum atomic E-state index is 14.7. The van der Waals surface area contributed by atoms with Crippen LogP contribution < -0.4 is 28.4 Å². The average Bonchev–Trinajstić information content (AvgIpc) is 0.804. The maximum absolute atomic E-state index is 14.7. The van der Waals surface area contributed by atoms with Gasteiger partial charge in [-0.25, -0.2) is 31.5 Å². The van der Waals surface area contributed by atoms with Gasteiger partial charge in [0.15, 0.2) is 11.6 Å². The van der Waals surface area contributed by atoms with Gasteiger partial charge in [-0.1, -0.05) is 291 Å². The van der Waals surface area contributed by atoms with Crippen LogP contribution in [0.1, 0.15) is 147 Å². The van der Waals surface area contributed by atoms with Crippen LogP contribution >= 0.6 is 0 Å². The van der Waals surface area contributed by atoms with E-state index in [4.69, 9.17) is 28.4 Å². The molecule has 15 rings (SSSR count). The molecule has 19 heteroatoms. The summed E-state index contributed by atoms with van der Waals surface area (Å²) < 4.78 is 105. The Labute approximate surface area is 906 Å². The van der Waals surface area contributed by atoms with E-state index in [2.05, 4.69) is 118 Å². The standard InChI is InChI=1S/C25H20F2O2.C25H21FO2.C25H23O2.C24H20F2.C22H19O2.2C5H9O2.2Os/c1-15(2)19-9-11-21(22(26)13-19)17-5-7-18(8-6-17)25(28)29-24-12-10-20(16(3)4)14-23(24)27;1-16(2)18-9-12-22(13-10-18)28-25(27)20-7-5-19(6-8-20)23-14-11-21(17(3)4)15-24(23)26;1-18(2)24-15-14-23(16-25(24)19(3)4)27-17-26-22-12-10-21(11-13-22)20-8-6-5-7-9-20;1-15(2)17-5-7-18(8-6-17)21-12-10-20(14-24(21)26)22-11-9-19(16(3)4)13-23(22)25;1-17(2)20-9-6-10-22(15-20)24-16-23-21-13-11-19(12-14-21)18-7-4-3-5-8-18;2*1-5(2)4-7-6-3;;/h5-14H,1,3H2,2,4H3;5-15H,1,3H2,2,4H3;6-16H,1,3,17H2,2,4H3;5-14H,1,3H2,2,4H3;4-15H,1,16H2,2H3;2*1,3-4H2,2H3;;/q;;-1;;3*-1;2*+2. The van der Waals surface area contributed by atoms with Crippen molar-refractivity contribution in [2.75, 3.05) is 26.8 Å². The van der Waals surface area contributed by atoms with Crippen molar-refractivity contribution in [2.45, 2.75) is 76.2 Å². The Morgan fingerprint density at radius 3 is 0.873 bits per heavy atom. The van der Waals surface area contributed by atoms with Gasteiger partial charge in [0.05, 0.1) is 24.3 Å². The zero-order chi connectivity index (χ0) is 108. The number of rotatable bonds is 33. The molecule has 0 unspecified atom stereocenters. The fraction of sp³-hybridized carbons (Fsp3) is 0.115. The molecule has 0 aliphatic carbocycles. The van der Waals surface area contributed by atoms with Crippen LogP contribution in [-0.2, 0) is 59.1 Å². The number of benzene rings is 15. The monoisotopic (exact) mass is 2360 g/mol. The first kappa shape index (κ1) is 121. The molecule has 150 heavy (non-hydrogen) atoms. The Kier molecular flexibility index (Phi) is 49.5. The minimum absolute atomic E-state index is 0. The van der Waals surface area contributed by atoms with Crippen molar-refractivity contribution in [1.82, 2.24) is 0 Å². The molecule has 0 atom stereocenters. The van der Waals surface area contributed by atoms with Gasteiger partial charge in [-0.3, -0.25) is 9.78 Å². The fourth-order valence-corrected chi connectivity index (χ4v) is 13.9. The molecule has 0 aliphatic heterocycles. The second kappa shape index (κ2) is 61.2. The van der Waals surface area contributed by atoms with Crippen LogP contribution in [0.3, 0.4) is 0 Å². The van der Waals surface area contributed by atoms with Gasteiger partial charge in [0.25, 0.3) is 0 Å². The van der Waals surface area contributed by atoms with Gasteiger partial charge in [0, 0.05) is 22.3 Å². The predicted octanol–water partition coefficient (Wildman–Crippen LogP) is 35.9. The Hall–Kier alpha value is -15.7. The van der Waals surface area contributed by atoms with Crippen LogP contribution in [0.4, 0.5) is 22.0 Å². The second-order valence-electron chi connectivity index (χ2n) is 34.8. The van der Waals surface area contributed by atoms with Gasteiger partial charge in [0.1, 0.15) is 52.0 Å². The maximum Gasteiger partial charge on any atom is 2.00 e. The third kappa shape index (κ3) is 38.2. The summed E-state index contributed by atoms with van der Waals surface area (Å²) in [6.45, 7) is 63.9. The number of allylic oxidation sites excluding steroid dienone is 9. The number of halogens is 5. The quantitative estimate of drug-likeness (QED) is 0.00568. The van der Waals surface area contributed by atoms with Crippen molar-refractivity contribution in [3.05, 3.63) is 528 Å². The number of esters is 2. The topological polar surface area (TPSA) is 126 Å². The molecule has 15 aromatic carbocycles. The average molecular weight is 2360 g/mol. The Morgan fingerprint density at radius 2 is 0.533 bits per heavy atom. The molecule has 12 nitrogen and oxygen atoms in total. The van der Waals surface area contributed by atoms with Gasteiger partial charge in [-0.15, -0.1) is 11.1 Å². The Bertz CT molecular complexity index is 7180. The number of ether oxygens (including phenoxy) is 6. The van der Waals surface area contributed by atoms with Crippen molar-refractivity contribution < 1.29 is 119 Å². The molecule has 0 aromatic heterocycles. The minimum Gasteiger partial charge on any atom is -0.458 e. The number of carbonyl (C=O) groups is 2. The van der Waals surface area contributed by atoms with Crippen LogP contribution in [0, 0.1) is 55.4 Å². The van der Waals surface area contributed by atoms with Gasteiger partial charge < -0.3 is 38.2 Å². The molecular weight excluding hydrogens is 2240 g/mol. The van der Waals surface area contributed by atoms with E-state index in [1.165, 1.54) is 48.5 Å². The van der Waals surface area contributed by atoms with Crippen LogP contribution in [0.15, 0.2) is 411 Å². The van der Waals surface area contributed by atoms with Gasteiger partial charge in [0.2, 0.25) is 13.6 Å². The smallest absolute Gasteiger partial charge is 0.458 e. The zero-order valence-corrected chi connectivity index (χ0v) is 91.3. The van der Waals surface area contributed by atoms with Crippen molar-refractivity contribution in [1.29, 1.82) is 0 Å². The van der Waals surface area contributed by atoms with E-state index in [-0.39, 0.29) is 87.7 Å². The first-order valence-electron chi connectivity index (χ1n) is 46.8. The molecule has 0 aliphatic rings. The molecule has 0 radical (unpaired) electrons. The fourth-order valence-electron chi connectivity index (χ4n) is 13.9. The molecule has 0 spiro atoms. The molecule has 0 saturated heterocycles. The van der Waals surface area contributed by atoms with Crippen molar-refractivity contribution in [2.24, 2.45) is 0 Å². The normalized spacial score (nSPS) is 10.1. The Morgan fingerprint density at radius 1 is 0.253 bits per heavy atom. The third-order valence-electron chi connectivity index (χ3n) is 22.1. The van der Waals surface area contributed by atoms with Gasteiger partial charge in [-0.2, -0.15) is 74.9 Å². The number of carbonyl (C=O) groups excluding carboxylic acids is 2. The van der Waals surface area contributed by atoms with Crippen molar-refractivity contribution >= 4 is 62.1 Å². The van der Waals surface area contributed by atoms with Gasteiger partial charge >= 0.3 is 51.5 Å². The predicted molar refractivity (Wildman–Crippen MR) is 597 cm³/mol. The molecule has 0 N–H and O–H groups in total. The summed E-state index contributed by atoms with van der Waals surface area (Å²) >= 11 is 0. The van der Waals surface area contributed by atoms with Crippen molar-refractivity contribution in [3.8, 4) is 101 Å². The van der Waals surface area contributed by atoms with E-state index < -0.39 is 17.8 Å². The summed E-state index contributed by atoms with van der Waals surface area (Å²) in [5.74, 6) is 0.0804. The van der Waals surface area contributed by atoms with Crippen LogP contribution in [0.25, 0.3) is 117 Å². The Balaban J connectivity index is 0.000000245. The molecule has 0 bridgehead atoms. The first-order valence-corrected chi connectivity index (χ1v) is 46.8. The first-order chi connectivity index (χ1) is 70.8. The SMILES string of the molecule is C=C(C)COO[CH2-].C=C(C)COO[CH2-].C=C(C)c1ccc(-c2ccc(-c3ccc(C(=C)C)cc3F)cc2F)cc1.C=C(C)c1ccc(OC(=O)c2ccc(-c3ccc(C(=C)C)cc3F)cc2)c(F)c1.C=C(C)c1ccc(OC(=O)c2ccc(-c3ccc(C(=C)C)cc3F)cc2)cc1.C=C(C)c1ccc(OCOc2ccc(-c3cc[c-]cc3)cc2)cc1C(=C)C.C=C(C)c1cccc(OCOc2ccc(-c3cc[c-]cc3)cc2)c1.[Os+2].[Os+2].